The number of likely N-dealkylation sites (tertiary alicyclic amines) is 1. The first-order valence-electron chi connectivity index (χ1n) is 12.7. The molecule has 0 spiro atoms. The Hall–Kier alpha value is -2.74. The quantitative estimate of drug-likeness (QED) is 0.565. The summed E-state index contributed by atoms with van der Waals surface area (Å²) >= 11 is 1.63. The molecule has 7 nitrogen and oxygen atoms in total. The van der Waals surface area contributed by atoms with Gasteiger partial charge in [-0.05, 0) is 60.8 Å². The summed E-state index contributed by atoms with van der Waals surface area (Å²) in [6.45, 7) is 15.9. The highest BCUT2D eigenvalue weighted by Gasteiger charge is 2.43. The summed E-state index contributed by atoms with van der Waals surface area (Å²) in [4.78, 5) is 46.0. The minimum atomic E-state index is -0.692. The number of nitrogens with one attached hydrogen (secondary N) is 2. The number of rotatable bonds is 7. The second-order valence-electron chi connectivity index (χ2n) is 11.1. The van der Waals surface area contributed by atoms with Gasteiger partial charge in [0.05, 0.1) is 22.1 Å². The molecule has 1 aromatic heterocycles. The van der Waals surface area contributed by atoms with Crippen molar-refractivity contribution in [1.82, 2.24) is 20.5 Å². The van der Waals surface area contributed by atoms with E-state index in [9.17, 15) is 14.4 Å². The van der Waals surface area contributed by atoms with Gasteiger partial charge in [0.2, 0.25) is 17.7 Å². The fourth-order valence-electron chi connectivity index (χ4n) is 5.00. The molecule has 0 bridgehead atoms. The van der Waals surface area contributed by atoms with E-state index in [-0.39, 0.29) is 29.7 Å². The Balaban J connectivity index is 1.80. The number of amides is 3. The molecule has 0 radical (unpaired) electrons. The molecule has 1 fully saturated rings. The Bertz CT molecular complexity index is 1120. The van der Waals surface area contributed by atoms with Crippen LogP contribution in [-0.2, 0) is 20.8 Å². The van der Waals surface area contributed by atoms with Crippen LogP contribution in [0.3, 0.4) is 0 Å². The van der Waals surface area contributed by atoms with E-state index >= 15 is 0 Å². The van der Waals surface area contributed by atoms with E-state index in [1.807, 2.05) is 40.1 Å². The molecule has 1 aromatic carbocycles. The first kappa shape index (κ1) is 27.8. The maximum absolute atomic E-state index is 13.5. The Morgan fingerprint density at radius 3 is 2.47 bits per heavy atom. The molecule has 2 N–H and O–H groups in total. The van der Waals surface area contributed by atoms with Crippen LogP contribution in [0.4, 0.5) is 0 Å². The van der Waals surface area contributed by atoms with Crippen LogP contribution >= 0.6 is 11.3 Å². The number of thiazole rings is 1. The lowest BCUT2D eigenvalue weighted by Crippen LogP contribution is -2.57. The first-order valence-corrected chi connectivity index (χ1v) is 13.6. The summed E-state index contributed by atoms with van der Waals surface area (Å²) in [5.41, 5.74) is 5.80. The number of hydrogen-bond acceptors (Lipinski definition) is 5. The van der Waals surface area contributed by atoms with Crippen molar-refractivity contribution in [2.24, 2.45) is 11.3 Å². The smallest absolute Gasteiger partial charge is 0.246 e. The Labute approximate surface area is 219 Å². The van der Waals surface area contributed by atoms with Crippen molar-refractivity contribution >= 4 is 29.1 Å². The molecular weight excluding hydrogens is 472 g/mol. The zero-order chi connectivity index (χ0) is 26.8. The van der Waals surface area contributed by atoms with Crippen molar-refractivity contribution in [2.45, 2.75) is 86.4 Å². The average molecular weight is 513 g/mol. The Kier molecular flexibility index (Phi) is 8.59. The number of carbonyl (C=O) groups excluding carboxylic acids is 3. The minimum absolute atomic E-state index is 0.153. The van der Waals surface area contributed by atoms with Crippen molar-refractivity contribution in [1.29, 1.82) is 0 Å². The zero-order valence-electron chi connectivity index (χ0n) is 22.8. The molecule has 3 rings (SSSR count). The van der Waals surface area contributed by atoms with Crippen LogP contribution in [0.15, 0.2) is 23.7 Å². The SMILES string of the molecule is CCc1cc(-c2scnc2C)ccc1[C@H](C)NC(=O)C1C[C@@H](C)CN1C(=O)[C@@H](NC(C)=O)C(C)(C)C. The van der Waals surface area contributed by atoms with Gasteiger partial charge in [0, 0.05) is 13.5 Å². The van der Waals surface area contributed by atoms with Crippen LogP contribution in [0.5, 0.6) is 0 Å². The topological polar surface area (TPSA) is 91.4 Å². The zero-order valence-corrected chi connectivity index (χ0v) is 23.6. The van der Waals surface area contributed by atoms with E-state index in [4.69, 9.17) is 0 Å². The van der Waals surface area contributed by atoms with Gasteiger partial charge in [-0.25, -0.2) is 4.98 Å². The number of aromatic nitrogens is 1. The molecule has 36 heavy (non-hydrogen) atoms. The van der Waals surface area contributed by atoms with Crippen LogP contribution in [0, 0.1) is 18.3 Å². The van der Waals surface area contributed by atoms with Gasteiger partial charge in [-0.3, -0.25) is 14.4 Å². The Morgan fingerprint density at radius 2 is 1.92 bits per heavy atom. The largest absolute Gasteiger partial charge is 0.348 e. The van der Waals surface area contributed by atoms with Gasteiger partial charge in [0.25, 0.3) is 0 Å². The molecular formula is C28H40N4O3S. The lowest BCUT2D eigenvalue weighted by atomic mass is 9.85. The molecule has 2 aromatic rings. The lowest BCUT2D eigenvalue weighted by Gasteiger charge is -2.35. The van der Waals surface area contributed by atoms with Gasteiger partial charge in [0.1, 0.15) is 12.1 Å². The molecule has 2 heterocycles. The van der Waals surface area contributed by atoms with Crippen molar-refractivity contribution in [2.75, 3.05) is 6.54 Å². The van der Waals surface area contributed by atoms with Crippen molar-refractivity contribution < 1.29 is 14.4 Å². The fraction of sp³-hybridized carbons (Fsp3) is 0.571. The second-order valence-corrected chi connectivity index (χ2v) is 12.0. The third-order valence-electron chi connectivity index (χ3n) is 6.91. The number of nitrogens with zero attached hydrogens (tertiary/aromatic N) is 2. The minimum Gasteiger partial charge on any atom is -0.348 e. The molecule has 4 atom stereocenters. The summed E-state index contributed by atoms with van der Waals surface area (Å²) in [6, 6.07) is 4.91. The van der Waals surface area contributed by atoms with Crippen LogP contribution in [0.2, 0.25) is 0 Å². The van der Waals surface area contributed by atoms with Gasteiger partial charge in [-0.1, -0.05) is 46.8 Å². The van der Waals surface area contributed by atoms with Gasteiger partial charge >= 0.3 is 0 Å². The maximum Gasteiger partial charge on any atom is 0.246 e. The highest BCUT2D eigenvalue weighted by Crippen LogP contribution is 2.32. The number of aryl methyl sites for hydroxylation is 2. The van der Waals surface area contributed by atoms with E-state index < -0.39 is 17.5 Å². The fourth-order valence-corrected chi connectivity index (χ4v) is 5.80. The number of carbonyl (C=O) groups is 3. The number of benzene rings is 1. The summed E-state index contributed by atoms with van der Waals surface area (Å²) < 4.78 is 0. The van der Waals surface area contributed by atoms with Crippen LogP contribution in [0.1, 0.15) is 77.7 Å². The summed E-state index contributed by atoms with van der Waals surface area (Å²) in [7, 11) is 0. The van der Waals surface area contributed by atoms with E-state index in [0.717, 1.165) is 28.1 Å². The van der Waals surface area contributed by atoms with Gasteiger partial charge < -0.3 is 15.5 Å². The maximum atomic E-state index is 13.5. The standard InChI is InChI=1S/C28H40N4O3S/c1-9-20-13-21(24-18(4)29-15-36-24)10-11-22(20)17(3)30-26(34)23-12-16(2)14-32(23)27(35)25(28(6,7)8)31-19(5)33/h10-11,13,15-17,23,25H,9,12,14H2,1-8H3,(H,30,34)(H,31,33)/t16-,17+,23?,25-/m1/s1. The van der Waals surface area contributed by atoms with E-state index in [2.05, 4.69) is 47.7 Å². The normalized spacial score (nSPS) is 19.6. The molecule has 3 amide bonds. The van der Waals surface area contributed by atoms with E-state index in [1.54, 1.807) is 16.2 Å². The van der Waals surface area contributed by atoms with Gasteiger partial charge in [0.15, 0.2) is 0 Å². The predicted octanol–water partition coefficient (Wildman–Crippen LogP) is 4.65. The van der Waals surface area contributed by atoms with Gasteiger partial charge in [-0.2, -0.15) is 0 Å². The third-order valence-corrected chi connectivity index (χ3v) is 7.89. The van der Waals surface area contributed by atoms with Crippen molar-refractivity contribution in [3.63, 3.8) is 0 Å². The molecule has 1 unspecified atom stereocenters. The lowest BCUT2D eigenvalue weighted by molar-refractivity contribution is -0.143. The molecule has 1 aliphatic rings. The summed E-state index contributed by atoms with van der Waals surface area (Å²) in [5, 5.41) is 5.98. The monoisotopic (exact) mass is 512 g/mol. The van der Waals surface area contributed by atoms with E-state index in [1.165, 1.54) is 12.5 Å². The van der Waals surface area contributed by atoms with Crippen LogP contribution in [0.25, 0.3) is 10.4 Å². The van der Waals surface area contributed by atoms with E-state index in [0.29, 0.717) is 13.0 Å². The summed E-state index contributed by atoms with van der Waals surface area (Å²) in [6.07, 6.45) is 1.45. The Morgan fingerprint density at radius 1 is 1.22 bits per heavy atom. The predicted molar refractivity (Wildman–Crippen MR) is 145 cm³/mol. The van der Waals surface area contributed by atoms with Crippen molar-refractivity contribution in [3.05, 3.63) is 40.5 Å². The highest BCUT2D eigenvalue weighted by molar-refractivity contribution is 7.13. The molecule has 1 saturated heterocycles. The molecule has 0 saturated carbocycles. The van der Waals surface area contributed by atoms with Gasteiger partial charge in [-0.15, -0.1) is 11.3 Å². The number of hydrogen-bond donors (Lipinski definition) is 2. The molecule has 196 valence electrons. The first-order chi connectivity index (χ1) is 16.8. The molecule has 8 heteroatoms. The molecule has 1 aliphatic heterocycles. The van der Waals surface area contributed by atoms with Crippen LogP contribution < -0.4 is 10.6 Å². The third kappa shape index (κ3) is 6.14. The second kappa shape index (κ2) is 11.1. The van der Waals surface area contributed by atoms with Crippen molar-refractivity contribution in [3.8, 4) is 10.4 Å². The van der Waals surface area contributed by atoms with Crippen LogP contribution in [-0.4, -0.2) is 46.2 Å². The highest BCUT2D eigenvalue weighted by atomic mass is 32.1. The molecule has 0 aliphatic carbocycles. The summed E-state index contributed by atoms with van der Waals surface area (Å²) in [5.74, 6) is -0.409. The average Bonchev–Trinajstić information content (AvgIpc) is 3.41.